The van der Waals surface area contributed by atoms with Gasteiger partial charge in [-0.15, -0.1) is 0 Å². The fourth-order valence-electron chi connectivity index (χ4n) is 1.23. The molecule has 0 saturated heterocycles. The number of benzene rings is 1. The summed E-state index contributed by atoms with van der Waals surface area (Å²) in [4.78, 5) is 22.2. The predicted octanol–water partition coefficient (Wildman–Crippen LogP) is 1.40. The quantitative estimate of drug-likeness (QED) is 0.595. The van der Waals surface area contributed by atoms with E-state index in [1.807, 2.05) is 0 Å². The summed E-state index contributed by atoms with van der Waals surface area (Å²) in [7, 11) is 0. The second kappa shape index (κ2) is 4.38. The minimum absolute atomic E-state index is 0.284. The Morgan fingerprint density at radius 1 is 1.40 bits per heavy atom. The highest BCUT2D eigenvalue weighted by Crippen LogP contribution is 2.13. The lowest BCUT2D eigenvalue weighted by Crippen LogP contribution is -2.22. The second-order valence-corrected chi connectivity index (χ2v) is 3.08. The summed E-state index contributed by atoms with van der Waals surface area (Å²) in [5.41, 5.74) is 0.954. The van der Waals surface area contributed by atoms with Gasteiger partial charge in [-0.1, -0.05) is 24.3 Å². The number of rotatable bonds is 3. The molecule has 0 aliphatic heterocycles. The van der Waals surface area contributed by atoms with Gasteiger partial charge < -0.3 is 5.11 Å². The summed E-state index contributed by atoms with van der Waals surface area (Å²) in [5, 5.41) is 17.2. The largest absolute Gasteiger partial charge is 0.480 e. The smallest absolute Gasteiger partial charge is 0.329 e. The minimum atomic E-state index is -1.62. The normalized spacial score (nSPS) is 11.5. The number of hydrogen-bond acceptors (Lipinski definition) is 3. The molecular weight excluding hydrogens is 194 g/mol. The van der Waals surface area contributed by atoms with Crippen molar-refractivity contribution in [1.82, 2.24) is 0 Å². The van der Waals surface area contributed by atoms with Crippen LogP contribution in [-0.2, 0) is 4.79 Å². The topological polar surface area (TPSA) is 78.2 Å². The number of nitriles is 1. The van der Waals surface area contributed by atoms with Gasteiger partial charge in [0, 0.05) is 5.56 Å². The van der Waals surface area contributed by atoms with Crippen molar-refractivity contribution in [3.05, 3.63) is 35.4 Å². The maximum atomic E-state index is 11.6. The van der Waals surface area contributed by atoms with Crippen LogP contribution in [-0.4, -0.2) is 16.9 Å². The van der Waals surface area contributed by atoms with E-state index in [1.54, 1.807) is 25.1 Å². The Kier molecular flexibility index (Phi) is 3.19. The van der Waals surface area contributed by atoms with Crippen LogP contribution in [0.2, 0.25) is 0 Å². The molecule has 0 spiro atoms. The molecule has 0 fully saturated rings. The van der Waals surface area contributed by atoms with E-state index in [1.165, 1.54) is 12.1 Å². The predicted molar refractivity (Wildman–Crippen MR) is 52.2 cm³/mol. The first kappa shape index (κ1) is 10.9. The fraction of sp³-hybridized carbons (Fsp3) is 0.182. The van der Waals surface area contributed by atoms with Gasteiger partial charge in [0.1, 0.15) is 0 Å². The standard InChI is InChI=1S/C11H9NO3/c1-7-4-2-3-5-8(7)10(13)9(6-12)11(14)15/h2-5,9H,1H3,(H,14,15). The SMILES string of the molecule is Cc1ccccc1C(=O)C(C#N)C(=O)O. The molecule has 15 heavy (non-hydrogen) atoms. The summed E-state index contributed by atoms with van der Waals surface area (Å²) in [6, 6.07) is 8.07. The van der Waals surface area contributed by atoms with Crippen LogP contribution in [0.3, 0.4) is 0 Å². The van der Waals surface area contributed by atoms with Crippen molar-refractivity contribution in [2.45, 2.75) is 6.92 Å². The zero-order chi connectivity index (χ0) is 11.4. The second-order valence-electron chi connectivity index (χ2n) is 3.08. The first-order valence-corrected chi connectivity index (χ1v) is 4.30. The minimum Gasteiger partial charge on any atom is -0.480 e. The van der Waals surface area contributed by atoms with Crippen LogP contribution < -0.4 is 0 Å². The van der Waals surface area contributed by atoms with E-state index in [-0.39, 0.29) is 5.56 Å². The molecule has 1 aromatic carbocycles. The fourth-order valence-corrected chi connectivity index (χ4v) is 1.23. The van der Waals surface area contributed by atoms with Gasteiger partial charge in [0.15, 0.2) is 5.78 Å². The third-order valence-electron chi connectivity index (χ3n) is 2.05. The van der Waals surface area contributed by atoms with Crippen molar-refractivity contribution < 1.29 is 14.7 Å². The lowest BCUT2D eigenvalue weighted by Gasteiger charge is -2.05. The number of ketones is 1. The molecule has 1 unspecified atom stereocenters. The van der Waals surface area contributed by atoms with Crippen molar-refractivity contribution in [3.8, 4) is 6.07 Å². The molecule has 0 radical (unpaired) electrons. The van der Waals surface area contributed by atoms with Gasteiger partial charge in [-0.3, -0.25) is 9.59 Å². The van der Waals surface area contributed by atoms with Gasteiger partial charge >= 0.3 is 5.97 Å². The molecule has 1 N–H and O–H groups in total. The molecule has 0 bridgehead atoms. The first-order valence-electron chi connectivity index (χ1n) is 4.30. The molecule has 0 aliphatic carbocycles. The third-order valence-corrected chi connectivity index (χ3v) is 2.05. The molecule has 4 nitrogen and oxygen atoms in total. The van der Waals surface area contributed by atoms with Crippen LogP contribution in [0.15, 0.2) is 24.3 Å². The number of carboxylic acids is 1. The van der Waals surface area contributed by atoms with E-state index in [4.69, 9.17) is 10.4 Å². The van der Waals surface area contributed by atoms with E-state index in [0.29, 0.717) is 5.56 Å². The number of carbonyl (C=O) groups excluding carboxylic acids is 1. The lowest BCUT2D eigenvalue weighted by molar-refractivity contribution is -0.138. The molecule has 0 aliphatic rings. The molecule has 1 aromatic rings. The van der Waals surface area contributed by atoms with Gasteiger partial charge in [0.05, 0.1) is 6.07 Å². The number of hydrogen-bond donors (Lipinski definition) is 1. The molecule has 0 aromatic heterocycles. The van der Waals surface area contributed by atoms with Crippen molar-refractivity contribution in [2.24, 2.45) is 5.92 Å². The zero-order valence-electron chi connectivity index (χ0n) is 8.10. The molecule has 0 saturated carbocycles. The molecule has 0 heterocycles. The number of aliphatic carboxylic acids is 1. The monoisotopic (exact) mass is 203 g/mol. The molecule has 1 rings (SSSR count). The Morgan fingerprint density at radius 2 is 2.00 bits per heavy atom. The summed E-state index contributed by atoms with van der Waals surface area (Å²) < 4.78 is 0. The van der Waals surface area contributed by atoms with Crippen LogP contribution in [0.1, 0.15) is 15.9 Å². The van der Waals surface area contributed by atoms with E-state index in [9.17, 15) is 9.59 Å². The maximum absolute atomic E-state index is 11.6. The number of nitrogens with zero attached hydrogens (tertiary/aromatic N) is 1. The van der Waals surface area contributed by atoms with Crippen LogP contribution in [0.25, 0.3) is 0 Å². The maximum Gasteiger partial charge on any atom is 0.329 e. The van der Waals surface area contributed by atoms with Gasteiger partial charge in [-0.25, -0.2) is 0 Å². The summed E-state index contributed by atoms with van der Waals surface area (Å²) in [6.07, 6.45) is 0. The lowest BCUT2D eigenvalue weighted by atomic mass is 9.96. The highest BCUT2D eigenvalue weighted by atomic mass is 16.4. The molecule has 76 valence electrons. The van der Waals surface area contributed by atoms with Gasteiger partial charge in [-0.2, -0.15) is 5.26 Å². The first-order chi connectivity index (χ1) is 7.07. The van der Waals surface area contributed by atoms with Crippen LogP contribution in [0.5, 0.6) is 0 Å². The molecule has 4 heteroatoms. The van der Waals surface area contributed by atoms with Gasteiger partial charge in [-0.05, 0) is 12.5 Å². The van der Waals surface area contributed by atoms with Crippen LogP contribution >= 0.6 is 0 Å². The number of Topliss-reactive ketones (excluding diaryl/α,β-unsaturated/α-hetero) is 1. The Morgan fingerprint density at radius 3 is 2.47 bits per heavy atom. The summed E-state index contributed by atoms with van der Waals surface area (Å²) in [6.45, 7) is 1.70. The Balaban J connectivity index is 3.10. The Hall–Kier alpha value is -2.15. The van der Waals surface area contributed by atoms with E-state index in [0.717, 1.165) is 0 Å². The van der Waals surface area contributed by atoms with E-state index >= 15 is 0 Å². The van der Waals surface area contributed by atoms with Crippen molar-refractivity contribution in [1.29, 1.82) is 5.26 Å². The average molecular weight is 203 g/mol. The number of aryl methyl sites for hydroxylation is 1. The molecule has 1 atom stereocenters. The highest BCUT2D eigenvalue weighted by Gasteiger charge is 2.27. The van der Waals surface area contributed by atoms with Crippen molar-refractivity contribution >= 4 is 11.8 Å². The molecular formula is C11H9NO3. The number of carbonyl (C=O) groups is 2. The van der Waals surface area contributed by atoms with Crippen molar-refractivity contribution in [3.63, 3.8) is 0 Å². The molecule has 0 amide bonds. The summed E-state index contributed by atoms with van der Waals surface area (Å²) in [5.74, 6) is -3.69. The Bertz CT molecular complexity index is 445. The van der Waals surface area contributed by atoms with Crippen LogP contribution in [0.4, 0.5) is 0 Å². The average Bonchev–Trinajstić information content (AvgIpc) is 2.18. The van der Waals surface area contributed by atoms with Crippen LogP contribution in [0, 0.1) is 24.2 Å². The third kappa shape index (κ3) is 2.20. The van der Waals surface area contributed by atoms with Gasteiger partial charge in [0.2, 0.25) is 5.92 Å². The van der Waals surface area contributed by atoms with Gasteiger partial charge in [0.25, 0.3) is 0 Å². The van der Waals surface area contributed by atoms with E-state index < -0.39 is 17.7 Å². The number of carboxylic acid groups (broad SMARTS) is 1. The van der Waals surface area contributed by atoms with E-state index in [2.05, 4.69) is 0 Å². The zero-order valence-corrected chi connectivity index (χ0v) is 8.10. The highest BCUT2D eigenvalue weighted by molar-refractivity contribution is 6.10. The summed E-state index contributed by atoms with van der Waals surface area (Å²) >= 11 is 0. The Labute approximate surface area is 86.8 Å². The van der Waals surface area contributed by atoms with Crippen molar-refractivity contribution in [2.75, 3.05) is 0 Å².